The van der Waals surface area contributed by atoms with Crippen LogP contribution in [0.5, 0.6) is 5.75 Å². The first-order chi connectivity index (χ1) is 9.66. The van der Waals surface area contributed by atoms with Crippen molar-refractivity contribution in [3.05, 3.63) is 46.8 Å². The molecule has 1 aromatic heterocycles. The first-order valence-electron chi connectivity index (χ1n) is 7.10. The van der Waals surface area contributed by atoms with Crippen molar-refractivity contribution in [3.8, 4) is 5.75 Å². The fraction of sp³-hybridized carbons (Fsp3) is 0.438. The van der Waals surface area contributed by atoms with Crippen LogP contribution >= 0.6 is 0 Å². The van der Waals surface area contributed by atoms with Gasteiger partial charge in [-0.1, -0.05) is 23.4 Å². The van der Waals surface area contributed by atoms with Gasteiger partial charge >= 0.3 is 0 Å². The third-order valence-electron chi connectivity index (χ3n) is 4.15. The highest BCUT2D eigenvalue weighted by molar-refractivity contribution is 5.32. The van der Waals surface area contributed by atoms with Crippen LogP contribution in [0.25, 0.3) is 0 Å². The third kappa shape index (κ3) is 2.31. The Kier molecular flexibility index (Phi) is 3.49. The number of aromatic nitrogens is 1. The zero-order chi connectivity index (χ0) is 14.1. The second kappa shape index (κ2) is 5.29. The molecule has 20 heavy (non-hydrogen) atoms. The Labute approximate surface area is 119 Å². The third-order valence-corrected chi connectivity index (χ3v) is 4.15. The largest absolute Gasteiger partial charge is 0.508 e. The van der Waals surface area contributed by atoms with E-state index < -0.39 is 0 Å². The Bertz CT molecular complexity index is 587. The zero-order valence-electron chi connectivity index (χ0n) is 12.0. The molecule has 1 aliphatic rings. The monoisotopic (exact) mass is 272 g/mol. The molecule has 2 aromatic rings. The summed E-state index contributed by atoms with van der Waals surface area (Å²) in [7, 11) is 0. The van der Waals surface area contributed by atoms with Crippen LogP contribution in [0, 0.1) is 13.8 Å². The molecule has 1 aromatic carbocycles. The Hall–Kier alpha value is -1.81. The Morgan fingerprint density at radius 3 is 2.85 bits per heavy atom. The summed E-state index contributed by atoms with van der Waals surface area (Å²) in [6, 6.07) is 7.90. The smallest absolute Gasteiger partial charge is 0.138 e. The first kappa shape index (κ1) is 13.2. The minimum atomic E-state index is 0.348. The Morgan fingerprint density at radius 2 is 2.15 bits per heavy atom. The fourth-order valence-corrected chi connectivity index (χ4v) is 3.17. The summed E-state index contributed by atoms with van der Waals surface area (Å²) in [4.78, 5) is 2.40. The highest BCUT2D eigenvalue weighted by atomic mass is 16.5. The molecule has 0 bridgehead atoms. The molecule has 0 amide bonds. The maximum atomic E-state index is 9.94. The number of phenols is 1. The predicted molar refractivity (Wildman–Crippen MR) is 76.5 cm³/mol. The van der Waals surface area contributed by atoms with Gasteiger partial charge in [0, 0.05) is 23.7 Å². The summed E-state index contributed by atoms with van der Waals surface area (Å²) in [6.07, 6.45) is 2.29. The molecule has 1 unspecified atom stereocenters. The molecular weight excluding hydrogens is 252 g/mol. The van der Waals surface area contributed by atoms with Crippen molar-refractivity contribution >= 4 is 0 Å². The van der Waals surface area contributed by atoms with Crippen LogP contribution in [0.4, 0.5) is 0 Å². The van der Waals surface area contributed by atoms with E-state index in [4.69, 9.17) is 4.52 Å². The molecule has 1 fully saturated rings. The van der Waals surface area contributed by atoms with Crippen molar-refractivity contribution in [3.63, 3.8) is 0 Å². The quantitative estimate of drug-likeness (QED) is 0.931. The maximum absolute atomic E-state index is 9.94. The van der Waals surface area contributed by atoms with Crippen molar-refractivity contribution in [1.29, 1.82) is 0 Å². The van der Waals surface area contributed by atoms with Crippen LogP contribution in [-0.4, -0.2) is 21.7 Å². The molecule has 0 spiro atoms. The highest BCUT2D eigenvalue weighted by Crippen LogP contribution is 2.37. The molecule has 2 heterocycles. The summed E-state index contributed by atoms with van der Waals surface area (Å²) in [5.41, 5.74) is 3.18. The second-order valence-corrected chi connectivity index (χ2v) is 5.50. The van der Waals surface area contributed by atoms with Crippen molar-refractivity contribution in [2.75, 3.05) is 6.54 Å². The molecule has 3 rings (SSSR count). The first-order valence-corrected chi connectivity index (χ1v) is 7.10. The van der Waals surface area contributed by atoms with Crippen molar-refractivity contribution in [1.82, 2.24) is 10.1 Å². The van der Waals surface area contributed by atoms with E-state index in [-0.39, 0.29) is 0 Å². The average molecular weight is 272 g/mol. The molecule has 0 radical (unpaired) electrons. The van der Waals surface area contributed by atoms with E-state index in [9.17, 15) is 5.11 Å². The number of aryl methyl sites for hydroxylation is 2. The number of likely N-dealkylation sites (tertiary alicyclic amines) is 1. The predicted octanol–water partition coefficient (Wildman–Crippen LogP) is 3.33. The SMILES string of the molecule is Cc1noc(C)c1C1CCCN1Cc1ccccc1O. The lowest BCUT2D eigenvalue weighted by molar-refractivity contribution is 0.242. The van der Waals surface area contributed by atoms with E-state index in [0.717, 1.165) is 36.5 Å². The minimum Gasteiger partial charge on any atom is -0.508 e. The number of para-hydroxylation sites is 1. The van der Waals surface area contributed by atoms with Gasteiger partial charge < -0.3 is 9.63 Å². The van der Waals surface area contributed by atoms with Gasteiger partial charge in [-0.05, 0) is 39.3 Å². The standard InChI is InChI=1S/C16H20N2O2/c1-11-16(12(2)20-17-11)14-7-5-9-18(14)10-13-6-3-4-8-15(13)19/h3-4,6,8,14,19H,5,7,9-10H2,1-2H3. The normalized spacial score (nSPS) is 19.6. The van der Waals surface area contributed by atoms with Gasteiger partial charge in [-0.3, -0.25) is 4.90 Å². The van der Waals surface area contributed by atoms with Crippen molar-refractivity contribution in [2.45, 2.75) is 39.3 Å². The number of aromatic hydroxyl groups is 1. The number of hydrogen-bond donors (Lipinski definition) is 1. The lowest BCUT2D eigenvalue weighted by Crippen LogP contribution is -2.23. The van der Waals surface area contributed by atoms with E-state index in [0.29, 0.717) is 11.8 Å². The van der Waals surface area contributed by atoms with Gasteiger partial charge in [0.1, 0.15) is 11.5 Å². The average Bonchev–Trinajstić information content (AvgIpc) is 2.99. The molecule has 106 valence electrons. The molecule has 4 nitrogen and oxygen atoms in total. The van der Waals surface area contributed by atoms with Crippen LogP contribution in [0.1, 0.15) is 41.5 Å². The summed E-state index contributed by atoms with van der Waals surface area (Å²) in [6.45, 7) is 5.79. The molecule has 0 saturated carbocycles. The Morgan fingerprint density at radius 1 is 1.35 bits per heavy atom. The summed E-state index contributed by atoms with van der Waals surface area (Å²) in [5.74, 6) is 1.29. The maximum Gasteiger partial charge on any atom is 0.138 e. The van der Waals surface area contributed by atoms with Gasteiger partial charge in [0.2, 0.25) is 0 Å². The molecule has 1 aliphatic heterocycles. The van der Waals surface area contributed by atoms with E-state index in [1.54, 1.807) is 6.07 Å². The van der Waals surface area contributed by atoms with Gasteiger partial charge in [0.25, 0.3) is 0 Å². The van der Waals surface area contributed by atoms with Gasteiger partial charge in [-0.25, -0.2) is 0 Å². The van der Waals surface area contributed by atoms with E-state index in [2.05, 4.69) is 10.1 Å². The summed E-state index contributed by atoms with van der Waals surface area (Å²) in [5, 5.41) is 14.0. The topological polar surface area (TPSA) is 49.5 Å². The van der Waals surface area contributed by atoms with Gasteiger partial charge in [-0.2, -0.15) is 0 Å². The Balaban J connectivity index is 1.85. The number of rotatable bonds is 3. The lowest BCUT2D eigenvalue weighted by atomic mass is 10.0. The van der Waals surface area contributed by atoms with Crippen molar-refractivity contribution in [2.24, 2.45) is 0 Å². The molecule has 1 saturated heterocycles. The van der Waals surface area contributed by atoms with Crippen LogP contribution in [0.3, 0.4) is 0 Å². The number of hydrogen-bond acceptors (Lipinski definition) is 4. The molecule has 0 aliphatic carbocycles. The molecule has 1 atom stereocenters. The van der Waals surface area contributed by atoms with E-state index in [1.165, 1.54) is 12.0 Å². The number of nitrogens with zero attached hydrogens (tertiary/aromatic N) is 2. The van der Waals surface area contributed by atoms with Crippen LogP contribution in [0.2, 0.25) is 0 Å². The van der Waals surface area contributed by atoms with Crippen LogP contribution < -0.4 is 0 Å². The number of benzene rings is 1. The molecule has 4 heteroatoms. The van der Waals surface area contributed by atoms with Gasteiger partial charge in [0.05, 0.1) is 5.69 Å². The zero-order valence-corrected chi connectivity index (χ0v) is 12.0. The molecular formula is C16H20N2O2. The van der Waals surface area contributed by atoms with E-state index in [1.807, 2.05) is 32.0 Å². The van der Waals surface area contributed by atoms with Crippen molar-refractivity contribution < 1.29 is 9.63 Å². The van der Waals surface area contributed by atoms with E-state index >= 15 is 0 Å². The van der Waals surface area contributed by atoms with Gasteiger partial charge in [-0.15, -0.1) is 0 Å². The lowest BCUT2D eigenvalue weighted by Gasteiger charge is -2.24. The minimum absolute atomic E-state index is 0.348. The fourth-order valence-electron chi connectivity index (χ4n) is 3.17. The van der Waals surface area contributed by atoms with Gasteiger partial charge in [0.15, 0.2) is 0 Å². The summed E-state index contributed by atoms with van der Waals surface area (Å²) < 4.78 is 5.30. The second-order valence-electron chi connectivity index (χ2n) is 5.50. The van der Waals surface area contributed by atoms with Crippen LogP contribution in [0.15, 0.2) is 28.8 Å². The van der Waals surface area contributed by atoms with Crippen LogP contribution in [-0.2, 0) is 6.54 Å². The number of phenolic OH excluding ortho intramolecular Hbond substituents is 1. The summed E-state index contributed by atoms with van der Waals surface area (Å²) >= 11 is 0. The highest BCUT2D eigenvalue weighted by Gasteiger charge is 2.30. The molecule has 1 N–H and O–H groups in total.